The number of benzene rings is 1. The van der Waals surface area contributed by atoms with E-state index in [0.29, 0.717) is 0 Å². The summed E-state index contributed by atoms with van der Waals surface area (Å²) in [5.41, 5.74) is 0.976. The molecule has 0 amide bonds. The highest BCUT2D eigenvalue weighted by molar-refractivity contribution is 7.92. The smallest absolute Gasteiger partial charge is 0.307 e. The van der Waals surface area contributed by atoms with Crippen molar-refractivity contribution in [3.05, 3.63) is 29.8 Å². The number of carboxylic acids is 1. The van der Waals surface area contributed by atoms with Gasteiger partial charge in [0.25, 0.3) is 0 Å². The van der Waals surface area contributed by atoms with Gasteiger partial charge in [0.2, 0.25) is 0 Å². The van der Waals surface area contributed by atoms with Crippen LogP contribution >= 0.6 is 0 Å². The highest BCUT2D eigenvalue weighted by atomic mass is 32.2. The molecule has 1 aromatic rings. The summed E-state index contributed by atoms with van der Waals surface area (Å²) in [7, 11) is -3.46. The number of rotatable bonds is 3. The number of hydrogen-bond acceptors (Lipinski definition) is 3. The molecular weight excluding hydrogens is 228 g/mol. The lowest BCUT2D eigenvalue weighted by atomic mass is 10.2. The van der Waals surface area contributed by atoms with Crippen molar-refractivity contribution in [2.45, 2.75) is 23.5 Å². The van der Waals surface area contributed by atoms with Crippen LogP contribution in [0.2, 0.25) is 0 Å². The number of aliphatic carboxylic acids is 1. The zero-order valence-corrected chi connectivity index (χ0v) is 9.57. The van der Waals surface area contributed by atoms with E-state index in [2.05, 4.69) is 0 Å². The Morgan fingerprint density at radius 3 is 2.31 bits per heavy atom. The average Bonchev–Trinajstić information content (AvgIpc) is 2.98. The topological polar surface area (TPSA) is 71.4 Å². The molecule has 0 bridgehead atoms. The molecule has 1 aliphatic carbocycles. The second-order valence-corrected chi connectivity index (χ2v) is 6.24. The van der Waals surface area contributed by atoms with Gasteiger partial charge in [-0.2, -0.15) is 0 Å². The first kappa shape index (κ1) is 11.1. The van der Waals surface area contributed by atoms with Gasteiger partial charge in [-0.1, -0.05) is 17.7 Å². The van der Waals surface area contributed by atoms with Crippen LogP contribution in [0.1, 0.15) is 12.0 Å². The van der Waals surface area contributed by atoms with Gasteiger partial charge in [0.05, 0.1) is 16.1 Å². The molecular formula is C11H12O4S. The van der Waals surface area contributed by atoms with E-state index in [1.807, 2.05) is 6.92 Å². The van der Waals surface area contributed by atoms with Crippen molar-refractivity contribution in [3.8, 4) is 0 Å². The molecule has 1 saturated carbocycles. The number of aryl methyl sites for hydroxylation is 1. The molecule has 0 spiro atoms. The van der Waals surface area contributed by atoms with E-state index in [1.165, 1.54) is 12.1 Å². The Balaban J connectivity index is 2.28. The molecule has 2 rings (SSSR count). The molecule has 0 heterocycles. The van der Waals surface area contributed by atoms with Crippen LogP contribution in [0.15, 0.2) is 29.2 Å². The zero-order valence-electron chi connectivity index (χ0n) is 8.75. The zero-order chi connectivity index (χ0) is 11.9. The highest BCUT2D eigenvalue weighted by Crippen LogP contribution is 2.40. The van der Waals surface area contributed by atoms with E-state index in [1.54, 1.807) is 12.1 Å². The van der Waals surface area contributed by atoms with E-state index >= 15 is 0 Å². The predicted octanol–water partition coefficient (Wildman–Crippen LogP) is 1.24. The molecule has 1 fully saturated rings. The number of hydrogen-bond donors (Lipinski definition) is 1. The quantitative estimate of drug-likeness (QED) is 0.862. The average molecular weight is 240 g/mol. The van der Waals surface area contributed by atoms with Crippen molar-refractivity contribution < 1.29 is 18.3 Å². The van der Waals surface area contributed by atoms with Crippen LogP contribution in [-0.4, -0.2) is 24.7 Å². The maximum atomic E-state index is 12.0. The lowest BCUT2D eigenvalue weighted by Gasteiger charge is -2.03. The van der Waals surface area contributed by atoms with Gasteiger partial charge >= 0.3 is 5.97 Å². The van der Waals surface area contributed by atoms with E-state index < -0.39 is 27.0 Å². The number of sulfone groups is 1. The largest absolute Gasteiger partial charge is 0.481 e. The van der Waals surface area contributed by atoms with Crippen molar-refractivity contribution in [1.82, 2.24) is 0 Å². The van der Waals surface area contributed by atoms with Gasteiger partial charge in [0.15, 0.2) is 9.84 Å². The normalized spacial score (nSPS) is 24.1. The Kier molecular flexibility index (Phi) is 2.50. The Labute approximate surface area is 93.8 Å². The summed E-state index contributed by atoms with van der Waals surface area (Å²) in [4.78, 5) is 10.9. The maximum absolute atomic E-state index is 12.0. The third-order valence-corrected chi connectivity index (χ3v) is 5.04. The van der Waals surface area contributed by atoms with Gasteiger partial charge in [0.1, 0.15) is 0 Å². The van der Waals surface area contributed by atoms with Gasteiger partial charge in [0, 0.05) is 0 Å². The minimum Gasteiger partial charge on any atom is -0.481 e. The minimum atomic E-state index is -3.46. The van der Waals surface area contributed by atoms with Crippen molar-refractivity contribution >= 4 is 15.8 Å². The van der Waals surface area contributed by atoms with Crippen LogP contribution in [0, 0.1) is 12.8 Å². The molecule has 1 N–H and O–H groups in total. The molecule has 1 unspecified atom stereocenters. The van der Waals surface area contributed by atoms with Gasteiger partial charge in [-0.25, -0.2) is 8.42 Å². The van der Waals surface area contributed by atoms with E-state index in [4.69, 9.17) is 5.11 Å². The highest BCUT2D eigenvalue weighted by Gasteiger charge is 2.52. The summed E-state index contributed by atoms with van der Waals surface area (Å²) in [5.74, 6) is -1.76. The molecule has 0 aliphatic heterocycles. The molecule has 4 nitrogen and oxygen atoms in total. The fourth-order valence-corrected chi connectivity index (χ4v) is 3.55. The maximum Gasteiger partial charge on any atom is 0.307 e. The number of carbonyl (C=O) groups is 1. The fraction of sp³-hybridized carbons (Fsp3) is 0.364. The fourth-order valence-electron chi connectivity index (χ4n) is 1.68. The Hall–Kier alpha value is -1.36. The van der Waals surface area contributed by atoms with E-state index in [0.717, 1.165) is 5.56 Å². The molecule has 1 aliphatic rings. The molecule has 0 radical (unpaired) electrons. The summed E-state index contributed by atoms with van der Waals surface area (Å²) in [6, 6.07) is 6.49. The number of carboxylic acid groups (broad SMARTS) is 1. The first-order valence-corrected chi connectivity index (χ1v) is 6.51. The summed E-state index contributed by atoms with van der Waals surface area (Å²) in [6.07, 6.45) is 0.228. The van der Waals surface area contributed by atoms with Crippen LogP contribution < -0.4 is 0 Å². The molecule has 1 aromatic carbocycles. The van der Waals surface area contributed by atoms with E-state index in [9.17, 15) is 13.2 Å². The molecule has 16 heavy (non-hydrogen) atoms. The molecule has 2 atom stereocenters. The summed E-state index contributed by atoms with van der Waals surface area (Å²) in [6.45, 7) is 1.87. The molecule has 0 saturated heterocycles. The molecule has 5 heteroatoms. The Morgan fingerprint density at radius 1 is 1.31 bits per heavy atom. The van der Waals surface area contributed by atoms with Crippen molar-refractivity contribution in [1.29, 1.82) is 0 Å². The van der Waals surface area contributed by atoms with Crippen LogP contribution in [-0.2, 0) is 14.6 Å². The second-order valence-electron chi connectivity index (χ2n) is 4.08. The third kappa shape index (κ3) is 1.82. The van der Waals surface area contributed by atoms with E-state index in [-0.39, 0.29) is 11.3 Å². The standard InChI is InChI=1S/C11H12O4S/c1-7-2-4-8(5-3-7)16(14,15)10-6-9(10)11(12)13/h2-5,9-10H,6H2,1H3,(H,12,13)/t9?,10-/m1/s1. The lowest BCUT2D eigenvalue weighted by molar-refractivity contribution is -0.138. The second kappa shape index (κ2) is 3.59. The first-order valence-electron chi connectivity index (χ1n) is 4.96. The van der Waals surface area contributed by atoms with Gasteiger partial charge < -0.3 is 5.11 Å². The molecule has 86 valence electrons. The van der Waals surface area contributed by atoms with Crippen LogP contribution in [0.4, 0.5) is 0 Å². The van der Waals surface area contributed by atoms with Gasteiger partial charge in [-0.3, -0.25) is 4.79 Å². The summed E-state index contributed by atoms with van der Waals surface area (Å²) in [5, 5.41) is 7.97. The van der Waals surface area contributed by atoms with Crippen LogP contribution in [0.5, 0.6) is 0 Å². The van der Waals surface area contributed by atoms with Gasteiger partial charge in [-0.05, 0) is 25.5 Å². The SMILES string of the molecule is Cc1ccc(S(=O)(=O)[C@@H]2CC2C(=O)O)cc1. The third-order valence-electron chi connectivity index (χ3n) is 2.80. The van der Waals surface area contributed by atoms with Crippen molar-refractivity contribution in [3.63, 3.8) is 0 Å². The van der Waals surface area contributed by atoms with Crippen LogP contribution in [0.3, 0.4) is 0 Å². The molecule has 0 aromatic heterocycles. The summed E-state index contributed by atoms with van der Waals surface area (Å²) < 4.78 is 23.9. The lowest BCUT2D eigenvalue weighted by Crippen LogP contribution is -2.13. The Bertz CT molecular complexity index is 515. The van der Waals surface area contributed by atoms with Gasteiger partial charge in [-0.15, -0.1) is 0 Å². The van der Waals surface area contributed by atoms with Crippen LogP contribution in [0.25, 0.3) is 0 Å². The minimum absolute atomic E-state index is 0.215. The van der Waals surface area contributed by atoms with Crippen molar-refractivity contribution in [2.75, 3.05) is 0 Å². The monoisotopic (exact) mass is 240 g/mol. The Morgan fingerprint density at radius 2 is 1.88 bits per heavy atom. The first-order chi connectivity index (χ1) is 7.43. The summed E-state index contributed by atoms with van der Waals surface area (Å²) >= 11 is 0. The predicted molar refractivity (Wildman–Crippen MR) is 57.9 cm³/mol. The van der Waals surface area contributed by atoms with Crippen molar-refractivity contribution in [2.24, 2.45) is 5.92 Å².